The Bertz CT molecular complexity index is 1530. The quantitative estimate of drug-likeness (QED) is 0.313. The van der Waals surface area contributed by atoms with Crippen molar-refractivity contribution in [1.82, 2.24) is 35.3 Å². The Morgan fingerprint density at radius 3 is 2.72 bits per heavy atom. The molecule has 6 rings (SSSR count). The molecule has 4 heterocycles. The number of H-pyrrole nitrogens is 2. The Kier molecular flexibility index (Phi) is 6.60. The second-order valence-corrected chi connectivity index (χ2v) is 10.8. The maximum atomic E-state index is 14.1. The molecule has 1 atom stereocenters. The Labute approximate surface area is 226 Å². The number of fused-ring (bicyclic) bond motifs is 2. The molecule has 0 spiro atoms. The van der Waals surface area contributed by atoms with Crippen LogP contribution in [0.4, 0.5) is 4.39 Å². The van der Waals surface area contributed by atoms with Gasteiger partial charge in [0, 0.05) is 50.6 Å². The Morgan fingerprint density at radius 2 is 1.97 bits per heavy atom. The predicted molar refractivity (Wildman–Crippen MR) is 148 cm³/mol. The van der Waals surface area contributed by atoms with Gasteiger partial charge >= 0.3 is 0 Å². The standard InChI is InChI=1S/C29H34FN7O2/c1-4-17-12-26(38)21(30)13-20(17)18-5-6-19-22(11-18)34-35-27(19)28-32-23-14-24(31-15-25(23)33-28)29(39)37-9-7-36(8-10-37)16(2)3/h5-6,11-13,16,24,31,38H,4,7-10,14-15H2,1-3H3,(H,32,33)(H,34,35)/t24-/m0/s1. The van der Waals surface area contributed by atoms with Crippen molar-refractivity contribution < 1.29 is 14.3 Å². The highest BCUT2D eigenvalue weighted by molar-refractivity contribution is 5.94. The van der Waals surface area contributed by atoms with Gasteiger partial charge in [-0.05, 0) is 61.2 Å². The van der Waals surface area contributed by atoms with E-state index in [1.54, 1.807) is 0 Å². The molecule has 1 fully saturated rings. The zero-order valence-corrected chi connectivity index (χ0v) is 22.5. The molecule has 2 aromatic heterocycles. The van der Waals surface area contributed by atoms with E-state index >= 15 is 0 Å². The summed E-state index contributed by atoms with van der Waals surface area (Å²) in [6.45, 7) is 10.2. The Hall–Kier alpha value is -3.76. The minimum Gasteiger partial charge on any atom is -0.505 e. The molecule has 2 aliphatic rings. The van der Waals surface area contributed by atoms with E-state index in [9.17, 15) is 14.3 Å². The number of benzene rings is 2. The van der Waals surface area contributed by atoms with Gasteiger partial charge < -0.3 is 15.0 Å². The van der Waals surface area contributed by atoms with E-state index in [0.29, 0.717) is 36.9 Å². The second-order valence-electron chi connectivity index (χ2n) is 10.8. The van der Waals surface area contributed by atoms with Gasteiger partial charge in [0.15, 0.2) is 17.4 Å². The molecule has 4 aromatic rings. The van der Waals surface area contributed by atoms with E-state index in [2.05, 4.69) is 39.2 Å². The zero-order valence-electron chi connectivity index (χ0n) is 22.5. The van der Waals surface area contributed by atoms with E-state index in [1.807, 2.05) is 30.0 Å². The SMILES string of the molecule is CCc1cc(O)c(F)cc1-c1ccc2c(-c3nc4c([nH]3)CN[C@H](C(=O)N3CCN(C(C)C)CC3)C4)n[nH]c2c1. The molecule has 2 aliphatic heterocycles. The van der Waals surface area contributed by atoms with Gasteiger partial charge in [-0.2, -0.15) is 5.10 Å². The van der Waals surface area contributed by atoms with Gasteiger partial charge in [0.2, 0.25) is 5.91 Å². The number of aromatic hydroxyl groups is 1. The van der Waals surface area contributed by atoms with E-state index in [0.717, 1.165) is 65.2 Å². The predicted octanol–water partition coefficient (Wildman–Crippen LogP) is 3.59. The molecule has 9 nitrogen and oxygen atoms in total. The van der Waals surface area contributed by atoms with E-state index in [1.165, 1.54) is 12.1 Å². The molecule has 1 amide bonds. The van der Waals surface area contributed by atoms with Crippen molar-refractivity contribution in [2.75, 3.05) is 26.2 Å². The first-order valence-corrected chi connectivity index (χ1v) is 13.7. The fourth-order valence-corrected chi connectivity index (χ4v) is 5.75. The number of nitrogens with one attached hydrogen (secondary N) is 3. The number of halogens is 1. The molecule has 1 saturated heterocycles. The fourth-order valence-electron chi connectivity index (χ4n) is 5.75. The minimum atomic E-state index is -0.642. The zero-order chi connectivity index (χ0) is 27.3. The highest BCUT2D eigenvalue weighted by Crippen LogP contribution is 2.34. The monoisotopic (exact) mass is 531 g/mol. The molecule has 10 heteroatoms. The number of amides is 1. The summed E-state index contributed by atoms with van der Waals surface area (Å²) >= 11 is 0. The first-order chi connectivity index (χ1) is 18.8. The van der Waals surface area contributed by atoms with E-state index in [-0.39, 0.29) is 17.7 Å². The number of carbonyl (C=O) groups excluding carboxylic acids is 1. The summed E-state index contributed by atoms with van der Waals surface area (Å²) in [6, 6.07) is 8.90. The van der Waals surface area contributed by atoms with Crippen LogP contribution in [0.1, 0.15) is 37.7 Å². The van der Waals surface area contributed by atoms with Crippen LogP contribution in [0.3, 0.4) is 0 Å². The number of rotatable bonds is 5. The van der Waals surface area contributed by atoms with Crippen LogP contribution in [0, 0.1) is 5.82 Å². The number of aromatic nitrogens is 4. The summed E-state index contributed by atoms with van der Waals surface area (Å²) in [7, 11) is 0. The Morgan fingerprint density at radius 1 is 1.18 bits per heavy atom. The normalized spacial score (nSPS) is 18.2. The summed E-state index contributed by atoms with van der Waals surface area (Å²) in [5.41, 5.74) is 5.82. The second kappa shape index (κ2) is 10.1. The molecule has 0 saturated carbocycles. The largest absolute Gasteiger partial charge is 0.505 e. The highest BCUT2D eigenvalue weighted by atomic mass is 19.1. The number of imidazole rings is 1. The van der Waals surface area contributed by atoms with Crippen LogP contribution in [0.2, 0.25) is 0 Å². The molecule has 4 N–H and O–H groups in total. The maximum Gasteiger partial charge on any atom is 0.240 e. The lowest BCUT2D eigenvalue weighted by molar-refractivity contribution is -0.135. The lowest BCUT2D eigenvalue weighted by atomic mass is 9.96. The molecule has 0 radical (unpaired) electrons. The van der Waals surface area contributed by atoms with Crippen LogP contribution < -0.4 is 5.32 Å². The highest BCUT2D eigenvalue weighted by Gasteiger charge is 2.32. The van der Waals surface area contributed by atoms with Crippen LogP contribution in [-0.4, -0.2) is 79.2 Å². The maximum absolute atomic E-state index is 14.1. The number of aromatic amines is 2. The number of hydrogen-bond donors (Lipinski definition) is 4. The number of piperazine rings is 1. The summed E-state index contributed by atoms with van der Waals surface area (Å²) in [4.78, 5) is 25.9. The van der Waals surface area contributed by atoms with Crippen molar-refractivity contribution in [1.29, 1.82) is 0 Å². The van der Waals surface area contributed by atoms with Crippen molar-refractivity contribution in [2.45, 2.75) is 52.2 Å². The lowest BCUT2D eigenvalue weighted by Gasteiger charge is -2.38. The average Bonchev–Trinajstić information content (AvgIpc) is 3.57. The molecule has 0 bridgehead atoms. The van der Waals surface area contributed by atoms with Crippen molar-refractivity contribution >= 4 is 16.8 Å². The van der Waals surface area contributed by atoms with Crippen molar-refractivity contribution in [2.24, 2.45) is 0 Å². The molecular weight excluding hydrogens is 497 g/mol. The third-order valence-electron chi connectivity index (χ3n) is 8.09. The van der Waals surface area contributed by atoms with Gasteiger partial charge in [-0.1, -0.05) is 13.0 Å². The van der Waals surface area contributed by atoms with E-state index < -0.39 is 5.82 Å². The smallest absolute Gasteiger partial charge is 0.240 e. The van der Waals surface area contributed by atoms with Gasteiger partial charge in [0.05, 0.1) is 22.9 Å². The van der Waals surface area contributed by atoms with Gasteiger partial charge in [-0.15, -0.1) is 0 Å². The van der Waals surface area contributed by atoms with Crippen LogP contribution in [0.15, 0.2) is 30.3 Å². The number of aryl methyl sites for hydroxylation is 1. The third kappa shape index (κ3) is 4.68. The van der Waals surface area contributed by atoms with Crippen LogP contribution in [0.25, 0.3) is 33.5 Å². The van der Waals surface area contributed by atoms with Crippen molar-refractivity contribution in [3.63, 3.8) is 0 Å². The van der Waals surface area contributed by atoms with Crippen LogP contribution in [-0.2, 0) is 24.2 Å². The van der Waals surface area contributed by atoms with Crippen LogP contribution in [0.5, 0.6) is 5.75 Å². The molecule has 2 aromatic carbocycles. The Balaban J connectivity index is 1.22. The van der Waals surface area contributed by atoms with Crippen molar-refractivity contribution in [3.8, 4) is 28.4 Å². The fraction of sp³-hybridized carbons (Fsp3) is 0.414. The number of hydrogen-bond acceptors (Lipinski definition) is 6. The number of carbonyl (C=O) groups is 1. The van der Waals surface area contributed by atoms with Gasteiger partial charge in [0.1, 0.15) is 5.69 Å². The molecular formula is C29H34FN7O2. The number of nitrogens with zero attached hydrogens (tertiary/aromatic N) is 4. The van der Waals surface area contributed by atoms with Gasteiger partial charge in [-0.3, -0.25) is 20.1 Å². The molecule has 0 unspecified atom stereocenters. The van der Waals surface area contributed by atoms with Crippen molar-refractivity contribution in [3.05, 3.63) is 53.1 Å². The summed E-state index contributed by atoms with van der Waals surface area (Å²) < 4.78 is 14.1. The first kappa shape index (κ1) is 25.5. The number of phenols is 1. The van der Waals surface area contributed by atoms with Crippen LogP contribution >= 0.6 is 0 Å². The molecule has 204 valence electrons. The third-order valence-corrected chi connectivity index (χ3v) is 8.09. The molecule has 39 heavy (non-hydrogen) atoms. The van der Waals surface area contributed by atoms with E-state index in [4.69, 9.17) is 4.98 Å². The number of phenolic OH excluding ortho intramolecular Hbond substituents is 1. The van der Waals surface area contributed by atoms with Gasteiger partial charge in [0.25, 0.3) is 0 Å². The first-order valence-electron chi connectivity index (χ1n) is 13.7. The topological polar surface area (TPSA) is 113 Å². The summed E-state index contributed by atoms with van der Waals surface area (Å²) in [5.74, 6) is -0.181. The summed E-state index contributed by atoms with van der Waals surface area (Å²) in [6.07, 6.45) is 1.20. The minimum absolute atomic E-state index is 0.142. The lowest BCUT2D eigenvalue weighted by Crippen LogP contribution is -2.56. The average molecular weight is 532 g/mol. The summed E-state index contributed by atoms with van der Waals surface area (Å²) in [5, 5.41) is 21.7. The van der Waals surface area contributed by atoms with Gasteiger partial charge in [-0.25, -0.2) is 9.37 Å². The molecule has 0 aliphatic carbocycles.